The molecule has 0 unspecified atom stereocenters. The van der Waals surface area contributed by atoms with Crippen LogP contribution in [0.3, 0.4) is 0 Å². The average Bonchev–Trinajstić information content (AvgIpc) is 2.51. The van der Waals surface area contributed by atoms with Gasteiger partial charge in [0.25, 0.3) is 0 Å². The van der Waals surface area contributed by atoms with Crippen molar-refractivity contribution in [2.75, 3.05) is 37.8 Å². The SMILES string of the molecule is CN(C)CCCNc1cc(NCc2ccccc2F)ncn1. The van der Waals surface area contributed by atoms with Gasteiger partial charge < -0.3 is 15.5 Å². The molecule has 0 amide bonds. The molecule has 0 spiro atoms. The molecule has 0 aliphatic carbocycles. The van der Waals surface area contributed by atoms with Crippen molar-refractivity contribution in [3.05, 3.63) is 48.0 Å². The fourth-order valence-electron chi connectivity index (χ4n) is 1.99. The second kappa shape index (κ2) is 8.29. The van der Waals surface area contributed by atoms with Crippen LogP contribution in [0.2, 0.25) is 0 Å². The van der Waals surface area contributed by atoms with Gasteiger partial charge >= 0.3 is 0 Å². The molecule has 1 heterocycles. The molecule has 22 heavy (non-hydrogen) atoms. The number of hydrogen-bond acceptors (Lipinski definition) is 5. The first-order valence-corrected chi connectivity index (χ1v) is 7.33. The topological polar surface area (TPSA) is 53.1 Å². The van der Waals surface area contributed by atoms with E-state index in [0.29, 0.717) is 17.9 Å². The maximum atomic E-state index is 13.6. The lowest BCUT2D eigenvalue weighted by Crippen LogP contribution is -2.16. The van der Waals surface area contributed by atoms with Gasteiger partial charge in [0, 0.05) is 24.7 Å². The van der Waals surface area contributed by atoms with Crippen LogP contribution in [0.4, 0.5) is 16.0 Å². The van der Waals surface area contributed by atoms with Gasteiger partial charge in [-0.1, -0.05) is 18.2 Å². The Morgan fingerprint density at radius 3 is 2.55 bits per heavy atom. The highest BCUT2D eigenvalue weighted by molar-refractivity contribution is 5.46. The molecule has 5 nitrogen and oxygen atoms in total. The first-order valence-electron chi connectivity index (χ1n) is 7.33. The van der Waals surface area contributed by atoms with E-state index >= 15 is 0 Å². The second-order valence-electron chi connectivity index (χ2n) is 5.32. The van der Waals surface area contributed by atoms with E-state index in [1.165, 1.54) is 12.4 Å². The number of hydrogen-bond donors (Lipinski definition) is 2. The summed E-state index contributed by atoms with van der Waals surface area (Å²) in [6, 6.07) is 8.53. The molecule has 2 N–H and O–H groups in total. The van der Waals surface area contributed by atoms with Crippen molar-refractivity contribution >= 4 is 11.6 Å². The summed E-state index contributed by atoms with van der Waals surface area (Å²) in [4.78, 5) is 10.5. The van der Waals surface area contributed by atoms with E-state index in [4.69, 9.17) is 0 Å². The standard InChI is InChI=1S/C16H22FN5/c1-22(2)9-5-8-18-15-10-16(21-12-20-15)19-11-13-6-3-4-7-14(13)17/h3-4,6-7,10,12H,5,8-9,11H2,1-2H3,(H2,18,19,20,21). The van der Waals surface area contributed by atoms with Gasteiger partial charge in [0.1, 0.15) is 23.8 Å². The molecular formula is C16H22FN5. The van der Waals surface area contributed by atoms with Crippen LogP contribution in [-0.2, 0) is 6.54 Å². The van der Waals surface area contributed by atoms with Crippen LogP contribution in [-0.4, -0.2) is 42.1 Å². The van der Waals surface area contributed by atoms with Gasteiger partial charge in [-0.05, 0) is 33.1 Å². The Hall–Kier alpha value is -2.21. The number of aromatic nitrogens is 2. The molecule has 0 bridgehead atoms. The summed E-state index contributed by atoms with van der Waals surface area (Å²) < 4.78 is 13.6. The maximum absolute atomic E-state index is 13.6. The predicted molar refractivity (Wildman–Crippen MR) is 87.4 cm³/mol. The minimum Gasteiger partial charge on any atom is -0.370 e. The first-order chi connectivity index (χ1) is 10.6. The van der Waals surface area contributed by atoms with Crippen LogP contribution >= 0.6 is 0 Å². The molecule has 0 saturated heterocycles. The first kappa shape index (κ1) is 16.2. The lowest BCUT2D eigenvalue weighted by Gasteiger charge is -2.11. The van der Waals surface area contributed by atoms with E-state index in [-0.39, 0.29) is 5.82 Å². The maximum Gasteiger partial charge on any atom is 0.131 e. The van der Waals surface area contributed by atoms with Crippen LogP contribution in [0.15, 0.2) is 36.7 Å². The molecular weight excluding hydrogens is 281 g/mol. The van der Waals surface area contributed by atoms with Crippen LogP contribution in [0.5, 0.6) is 0 Å². The number of anilines is 2. The van der Waals surface area contributed by atoms with Crippen LogP contribution in [0.1, 0.15) is 12.0 Å². The molecule has 0 radical (unpaired) electrons. The molecule has 0 aliphatic heterocycles. The van der Waals surface area contributed by atoms with E-state index in [9.17, 15) is 4.39 Å². The highest BCUT2D eigenvalue weighted by Gasteiger charge is 2.02. The number of benzene rings is 1. The molecule has 1 aromatic carbocycles. The van der Waals surface area contributed by atoms with Crippen molar-refractivity contribution in [3.63, 3.8) is 0 Å². The molecule has 0 atom stereocenters. The normalized spacial score (nSPS) is 10.7. The fraction of sp³-hybridized carbons (Fsp3) is 0.375. The largest absolute Gasteiger partial charge is 0.370 e. The van der Waals surface area contributed by atoms with Gasteiger partial charge in [0.05, 0.1) is 0 Å². The summed E-state index contributed by atoms with van der Waals surface area (Å²) in [5.41, 5.74) is 0.613. The summed E-state index contributed by atoms with van der Waals surface area (Å²) in [5, 5.41) is 6.37. The molecule has 2 aromatic rings. The number of rotatable bonds is 8. The molecule has 6 heteroatoms. The Labute approximate surface area is 130 Å². The van der Waals surface area contributed by atoms with Crippen LogP contribution < -0.4 is 10.6 Å². The van der Waals surface area contributed by atoms with E-state index in [2.05, 4.69) is 39.6 Å². The zero-order valence-electron chi connectivity index (χ0n) is 13.0. The van der Waals surface area contributed by atoms with Gasteiger partial charge in [-0.15, -0.1) is 0 Å². The van der Waals surface area contributed by atoms with Gasteiger partial charge in [-0.25, -0.2) is 14.4 Å². The summed E-state index contributed by atoms with van der Waals surface area (Å²) in [6.45, 7) is 2.27. The Kier molecular flexibility index (Phi) is 6.09. The van der Waals surface area contributed by atoms with E-state index in [1.54, 1.807) is 12.1 Å². The van der Waals surface area contributed by atoms with Crippen molar-refractivity contribution in [3.8, 4) is 0 Å². The summed E-state index contributed by atoms with van der Waals surface area (Å²) in [7, 11) is 4.10. The Bertz CT molecular complexity index is 588. The van der Waals surface area contributed by atoms with Crippen molar-refractivity contribution in [1.29, 1.82) is 0 Å². The summed E-state index contributed by atoms with van der Waals surface area (Å²) in [5.74, 6) is 1.23. The Balaban J connectivity index is 1.85. The van der Waals surface area contributed by atoms with E-state index in [0.717, 1.165) is 25.3 Å². The molecule has 0 aliphatic rings. The van der Waals surface area contributed by atoms with Crippen molar-refractivity contribution < 1.29 is 4.39 Å². The Morgan fingerprint density at radius 1 is 1.09 bits per heavy atom. The highest BCUT2D eigenvalue weighted by atomic mass is 19.1. The summed E-state index contributed by atoms with van der Waals surface area (Å²) >= 11 is 0. The van der Waals surface area contributed by atoms with Crippen LogP contribution in [0, 0.1) is 5.82 Å². The van der Waals surface area contributed by atoms with Crippen molar-refractivity contribution in [2.24, 2.45) is 0 Å². The zero-order chi connectivity index (χ0) is 15.8. The quantitative estimate of drug-likeness (QED) is 0.734. The minimum absolute atomic E-state index is 0.217. The second-order valence-corrected chi connectivity index (χ2v) is 5.32. The monoisotopic (exact) mass is 303 g/mol. The van der Waals surface area contributed by atoms with Gasteiger partial charge in [-0.2, -0.15) is 0 Å². The third-order valence-electron chi connectivity index (χ3n) is 3.17. The van der Waals surface area contributed by atoms with Gasteiger partial charge in [-0.3, -0.25) is 0 Å². The number of nitrogens with one attached hydrogen (secondary N) is 2. The van der Waals surface area contributed by atoms with Crippen LogP contribution in [0.25, 0.3) is 0 Å². The van der Waals surface area contributed by atoms with Gasteiger partial charge in [0.2, 0.25) is 0 Å². The number of halogens is 1. The summed E-state index contributed by atoms with van der Waals surface area (Å²) in [6.07, 6.45) is 2.53. The number of nitrogens with zero attached hydrogens (tertiary/aromatic N) is 3. The van der Waals surface area contributed by atoms with Crippen molar-refractivity contribution in [1.82, 2.24) is 14.9 Å². The molecule has 1 aromatic heterocycles. The average molecular weight is 303 g/mol. The van der Waals surface area contributed by atoms with E-state index < -0.39 is 0 Å². The lowest BCUT2D eigenvalue weighted by molar-refractivity contribution is 0.405. The third kappa shape index (κ3) is 5.29. The predicted octanol–water partition coefficient (Wildman–Crippen LogP) is 2.59. The fourth-order valence-corrected chi connectivity index (χ4v) is 1.99. The highest BCUT2D eigenvalue weighted by Crippen LogP contribution is 2.12. The molecule has 0 saturated carbocycles. The molecule has 118 valence electrons. The Morgan fingerprint density at radius 2 is 1.82 bits per heavy atom. The lowest BCUT2D eigenvalue weighted by atomic mass is 10.2. The van der Waals surface area contributed by atoms with E-state index in [1.807, 2.05) is 12.1 Å². The molecule has 0 fully saturated rings. The van der Waals surface area contributed by atoms with Crippen molar-refractivity contribution in [2.45, 2.75) is 13.0 Å². The smallest absolute Gasteiger partial charge is 0.131 e. The zero-order valence-corrected chi connectivity index (χ0v) is 13.0. The molecule has 2 rings (SSSR count). The third-order valence-corrected chi connectivity index (χ3v) is 3.17. The minimum atomic E-state index is -0.217. The van der Waals surface area contributed by atoms with Gasteiger partial charge in [0.15, 0.2) is 0 Å².